The largest absolute Gasteiger partial charge is 0.468 e. The predicted molar refractivity (Wildman–Crippen MR) is 99.8 cm³/mol. The fraction of sp³-hybridized carbons (Fsp3) is 0.579. The number of carbonyl (C=O) groups is 2. The van der Waals surface area contributed by atoms with Gasteiger partial charge in [0.1, 0.15) is 12.1 Å². The molecule has 1 amide bonds. The minimum atomic E-state index is -1.08. The number of nitrogens with zero attached hydrogens (tertiary/aromatic N) is 1. The van der Waals surface area contributed by atoms with Gasteiger partial charge in [0.25, 0.3) is 0 Å². The van der Waals surface area contributed by atoms with E-state index in [9.17, 15) is 9.59 Å². The molecule has 0 radical (unpaired) electrons. The third-order valence-corrected chi connectivity index (χ3v) is 4.24. The quantitative estimate of drug-likeness (QED) is 0.218. The molecule has 0 fully saturated rings. The van der Waals surface area contributed by atoms with Crippen molar-refractivity contribution in [2.24, 2.45) is 5.84 Å². The van der Waals surface area contributed by atoms with E-state index in [1.54, 1.807) is 13.8 Å². The summed E-state index contributed by atoms with van der Waals surface area (Å²) in [6, 6.07) is 9.41. The monoisotopic (exact) mass is 365 g/mol. The summed E-state index contributed by atoms with van der Waals surface area (Å²) in [4.78, 5) is 24.2. The number of benzene rings is 1. The van der Waals surface area contributed by atoms with Crippen LogP contribution in [0.4, 0.5) is 4.79 Å². The van der Waals surface area contributed by atoms with Crippen molar-refractivity contribution in [2.45, 2.75) is 64.8 Å². The Balaban J connectivity index is 2.72. The van der Waals surface area contributed by atoms with Crippen LogP contribution in [0.25, 0.3) is 0 Å². The molecule has 146 valence electrons. The molecule has 0 aliphatic rings. The Morgan fingerprint density at radius 3 is 2.46 bits per heavy atom. The number of nitrogens with two attached hydrogens (primary N) is 1. The Bertz CT molecular complexity index is 563. The first-order chi connectivity index (χ1) is 12.3. The zero-order chi connectivity index (χ0) is 19.6. The third kappa shape index (κ3) is 6.65. The number of unbranched alkanes of at least 4 members (excludes halogenated alkanes) is 2. The summed E-state index contributed by atoms with van der Waals surface area (Å²) in [5, 5.41) is 4.09. The Hall–Kier alpha value is -2.12. The van der Waals surface area contributed by atoms with Gasteiger partial charge in [-0.15, -0.1) is 0 Å². The van der Waals surface area contributed by atoms with Crippen LogP contribution in [0, 0.1) is 0 Å². The molecule has 0 bridgehead atoms. The number of alkyl carbamates (subject to hydrolysis) is 1. The number of ether oxygens (including phenoxy) is 2. The smallest absolute Gasteiger partial charge is 0.408 e. The van der Waals surface area contributed by atoms with E-state index in [1.807, 2.05) is 30.3 Å². The van der Waals surface area contributed by atoms with Crippen LogP contribution in [0.1, 0.15) is 52.0 Å². The molecule has 0 aromatic heterocycles. The average molecular weight is 365 g/mol. The Morgan fingerprint density at radius 2 is 1.88 bits per heavy atom. The molecule has 7 nitrogen and oxygen atoms in total. The zero-order valence-electron chi connectivity index (χ0n) is 16.2. The number of hydrogen-bond donors (Lipinski definition) is 2. The summed E-state index contributed by atoms with van der Waals surface area (Å²) in [7, 11) is 1.31. The molecule has 0 unspecified atom stereocenters. The minimum absolute atomic E-state index is 0.166. The van der Waals surface area contributed by atoms with Crippen molar-refractivity contribution < 1.29 is 19.1 Å². The number of amides is 1. The van der Waals surface area contributed by atoms with Gasteiger partial charge in [-0.2, -0.15) is 0 Å². The molecular weight excluding hydrogens is 334 g/mol. The van der Waals surface area contributed by atoms with Crippen LogP contribution in [0.5, 0.6) is 0 Å². The van der Waals surface area contributed by atoms with Crippen molar-refractivity contribution in [1.82, 2.24) is 10.3 Å². The van der Waals surface area contributed by atoms with Gasteiger partial charge in [0.05, 0.1) is 13.3 Å². The van der Waals surface area contributed by atoms with Gasteiger partial charge < -0.3 is 14.8 Å². The fourth-order valence-electron chi connectivity index (χ4n) is 2.51. The molecule has 26 heavy (non-hydrogen) atoms. The standard InChI is InChI=1S/C19H31N3O4/c1-5-6-8-13-16(22(20)19(2,3)17(23)25-4)21-18(24)26-14-15-11-9-7-10-12-15/h7,9-12,16H,5-6,8,13-14,20H2,1-4H3,(H,21,24)/t16-/m0/s1. The average Bonchev–Trinajstić information content (AvgIpc) is 2.65. The summed E-state index contributed by atoms with van der Waals surface area (Å²) in [5.41, 5.74) is -0.192. The molecule has 0 saturated carbocycles. The van der Waals surface area contributed by atoms with Crippen molar-refractivity contribution in [3.63, 3.8) is 0 Å². The maximum atomic E-state index is 12.2. The van der Waals surface area contributed by atoms with E-state index >= 15 is 0 Å². The van der Waals surface area contributed by atoms with Gasteiger partial charge in [-0.05, 0) is 25.8 Å². The second-order valence-corrected chi connectivity index (χ2v) is 6.68. The lowest BCUT2D eigenvalue weighted by atomic mass is 10.0. The number of methoxy groups -OCH3 is 1. The summed E-state index contributed by atoms with van der Waals surface area (Å²) in [6.45, 7) is 5.57. The fourth-order valence-corrected chi connectivity index (χ4v) is 2.51. The lowest BCUT2D eigenvalue weighted by Gasteiger charge is -2.38. The van der Waals surface area contributed by atoms with E-state index in [2.05, 4.69) is 12.2 Å². The topological polar surface area (TPSA) is 93.9 Å². The maximum absolute atomic E-state index is 12.2. The first kappa shape index (κ1) is 21.9. The van der Waals surface area contributed by atoms with Crippen LogP contribution < -0.4 is 11.2 Å². The number of hydrogen-bond acceptors (Lipinski definition) is 6. The highest BCUT2D eigenvalue weighted by atomic mass is 16.5. The number of nitrogens with one attached hydrogen (secondary N) is 1. The van der Waals surface area contributed by atoms with Crippen molar-refractivity contribution >= 4 is 12.1 Å². The van der Waals surface area contributed by atoms with Crippen molar-refractivity contribution in [1.29, 1.82) is 0 Å². The summed E-state index contributed by atoms with van der Waals surface area (Å²) < 4.78 is 10.1. The Labute approximate surface area is 155 Å². The van der Waals surface area contributed by atoms with Crippen LogP contribution in [0.3, 0.4) is 0 Å². The van der Waals surface area contributed by atoms with Crippen LogP contribution >= 0.6 is 0 Å². The van der Waals surface area contributed by atoms with E-state index in [0.29, 0.717) is 6.42 Å². The molecule has 1 aromatic rings. The van der Waals surface area contributed by atoms with Gasteiger partial charge in [-0.25, -0.2) is 9.80 Å². The number of rotatable bonds is 10. The SMILES string of the molecule is CCCCC[C@@H](NC(=O)OCc1ccccc1)N(N)C(C)(C)C(=O)OC. The second kappa shape index (κ2) is 10.8. The van der Waals surface area contributed by atoms with E-state index in [4.69, 9.17) is 15.3 Å². The van der Waals surface area contributed by atoms with Gasteiger partial charge in [0.15, 0.2) is 0 Å². The third-order valence-electron chi connectivity index (χ3n) is 4.24. The minimum Gasteiger partial charge on any atom is -0.468 e. The van der Waals surface area contributed by atoms with E-state index in [1.165, 1.54) is 12.1 Å². The lowest BCUT2D eigenvalue weighted by Crippen LogP contribution is -2.63. The Kier molecular flexibility index (Phi) is 9.09. The summed E-state index contributed by atoms with van der Waals surface area (Å²) >= 11 is 0. The zero-order valence-corrected chi connectivity index (χ0v) is 16.2. The molecule has 3 N–H and O–H groups in total. The van der Waals surface area contributed by atoms with Crippen LogP contribution in [-0.4, -0.2) is 35.9 Å². The number of hydrazine groups is 1. The van der Waals surface area contributed by atoms with E-state index < -0.39 is 23.8 Å². The highest BCUT2D eigenvalue weighted by molar-refractivity contribution is 5.79. The van der Waals surface area contributed by atoms with E-state index in [-0.39, 0.29) is 6.61 Å². The van der Waals surface area contributed by atoms with Gasteiger partial charge in [0.2, 0.25) is 0 Å². The van der Waals surface area contributed by atoms with Gasteiger partial charge in [-0.1, -0.05) is 56.5 Å². The van der Waals surface area contributed by atoms with Crippen LogP contribution in [0.15, 0.2) is 30.3 Å². The van der Waals surface area contributed by atoms with E-state index in [0.717, 1.165) is 24.8 Å². The normalized spacial score (nSPS) is 12.5. The summed E-state index contributed by atoms with van der Waals surface area (Å²) in [5.74, 6) is 5.70. The molecule has 1 aromatic carbocycles. The Morgan fingerprint density at radius 1 is 1.23 bits per heavy atom. The highest BCUT2D eigenvalue weighted by Gasteiger charge is 2.38. The molecule has 0 aliphatic carbocycles. The van der Waals surface area contributed by atoms with Gasteiger partial charge in [0, 0.05) is 0 Å². The predicted octanol–water partition coefficient (Wildman–Crippen LogP) is 2.95. The maximum Gasteiger partial charge on any atom is 0.408 e. The van der Waals surface area contributed by atoms with Crippen LogP contribution in [0.2, 0.25) is 0 Å². The van der Waals surface area contributed by atoms with Crippen molar-refractivity contribution in [3.8, 4) is 0 Å². The molecule has 7 heteroatoms. The van der Waals surface area contributed by atoms with Crippen LogP contribution in [-0.2, 0) is 20.9 Å². The molecule has 0 spiro atoms. The highest BCUT2D eigenvalue weighted by Crippen LogP contribution is 2.18. The first-order valence-corrected chi connectivity index (χ1v) is 8.92. The second-order valence-electron chi connectivity index (χ2n) is 6.68. The molecule has 0 saturated heterocycles. The van der Waals surface area contributed by atoms with Crippen molar-refractivity contribution in [3.05, 3.63) is 35.9 Å². The first-order valence-electron chi connectivity index (χ1n) is 8.92. The van der Waals surface area contributed by atoms with Gasteiger partial charge in [-0.3, -0.25) is 10.6 Å². The van der Waals surface area contributed by atoms with Crippen molar-refractivity contribution in [2.75, 3.05) is 7.11 Å². The number of carbonyl (C=O) groups excluding carboxylic acids is 2. The lowest BCUT2D eigenvalue weighted by molar-refractivity contribution is -0.155. The molecule has 1 rings (SSSR count). The molecular formula is C19H31N3O4. The molecule has 0 aliphatic heterocycles. The summed E-state index contributed by atoms with van der Waals surface area (Å²) in [6.07, 6.45) is 2.39. The molecule has 1 atom stereocenters. The van der Waals surface area contributed by atoms with Gasteiger partial charge >= 0.3 is 12.1 Å². The number of esters is 1. The molecule has 0 heterocycles.